The zero-order valence-corrected chi connectivity index (χ0v) is 13.8. The summed E-state index contributed by atoms with van der Waals surface area (Å²) in [6.45, 7) is 5.08. The van der Waals surface area contributed by atoms with E-state index < -0.39 is 0 Å². The molecule has 1 N–H and O–H groups in total. The summed E-state index contributed by atoms with van der Waals surface area (Å²) >= 11 is 0. The van der Waals surface area contributed by atoms with E-state index in [1.165, 1.54) is 12.8 Å². The third kappa shape index (κ3) is 2.85. The maximum absolute atomic E-state index is 12.4. The highest BCUT2D eigenvalue weighted by molar-refractivity contribution is 5.75. The van der Waals surface area contributed by atoms with Crippen LogP contribution < -0.4 is 5.56 Å². The molecule has 0 atom stereocenters. The van der Waals surface area contributed by atoms with Crippen molar-refractivity contribution in [3.63, 3.8) is 0 Å². The van der Waals surface area contributed by atoms with Crippen LogP contribution in [0.15, 0.2) is 41.3 Å². The van der Waals surface area contributed by atoms with Crippen molar-refractivity contribution in [3.8, 4) is 5.69 Å². The summed E-state index contributed by atoms with van der Waals surface area (Å²) < 4.78 is 1.73. The largest absolute Gasteiger partial charge is 0.309 e. The number of rotatable bonds is 3. The van der Waals surface area contributed by atoms with Crippen molar-refractivity contribution in [2.24, 2.45) is 5.92 Å². The second-order valence-electron chi connectivity index (χ2n) is 6.60. The molecule has 0 amide bonds. The van der Waals surface area contributed by atoms with Crippen LogP contribution >= 0.6 is 0 Å². The standard InChI is InChI=1S/C18H21N5O/c1-13-7-9-22(10-8-13)12-16-20-17-15(18(24)21-16)11-19-23(17)14-5-3-2-4-6-14/h2-6,11,13H,7-10,12H2,1H3,(H,20,21,24). The lowest BCUT2D eigenvalue weighted by atomic mass is 9.99. The molecule has 24 heavy (non-hydrogen) atoms. The first-order valence-electron chi connectivity index (χ1n) is 8.45. The molecule has 1 aromatic carbocycles. The van der Waals surface area contributed by atoms with Crippen LogP contribution in [0.1, 0.15) is 25.6 Å². The molecule has 3 aromatic rings. The summed E-state index contributed by atoms with van der Waals surface area (Å²) in [6.07, 6.45) is 3.99. The number of aromatic amines is 1. The molecule has 1 fully saturated rings. The molecular formula is C18H21N5O. The molecule has 6 nitrogen and oxygen atoms in total. The molecule has 0 aliphatic carbocycles. The minimum atomic E-state index is -0.123. The number of nitrogens with zero attached hydrogens (tertiary/aromatic N) is 4. The highest BCUT2D eigenvalue weighted by Gasteiger charge is 2.18. The average molecular weight is 323 g/mol. The maximum Gasteiger partial charge on any atom is 0.262 e. The van der Waals surface area contributed by atoms with Crippen molar-refractivity contribution in [1.82, 2.24) is 24.6 Å². The topological polar surface area (TPSA) is 66.8 Å². The number of H-pyrrole nitrogens is 1. The number of fused-ring (bicyclic) bond motifs is 1. The van der Waals surface area contributed by atoms with E-state index in [-0.39, 0.29) is 5.56 Å². The number of likely N-dealkylation sites (tertiary alicyclic amines) is 1. The van der Waals surface area contributed by atoms with E-state index in [0.29, 0.717) is 23.4 Å². The number of nitrogens with one attached hydrogen (secondary N) is 1. The van der Waals surface area contributed by atoms with Gasteiger partial charge in [0.2, 0.25) is 0 Å². The molecule has 1 saturated heterocycles. The maximum atomic E-state index is 12.4. The molecule has 6 heteroatoms. The Morgan fingerprint density at radius 3 is 2.71 bits per heavy atom. The van der Waals surface area contributed by atoms with Gasteiger partial charge in [-0.15, -0.1) is 0 Å². The monoisotopic (exact) mass is 323 g/mol. The molecule has 2 aromatic heterocycles. The third-order valence-corrected chi connectivity index (χ3v) is 4.74. The number of hydrogen-bond donors (Lipinski definition) is 1. The number of para-hydroxylation sites is 1. The van der Waals surface area contributed by atoms with Gasteiger partial charge in [-0.25, -0.2) is 9.67 Å². The van der Waals surface area contributed by atoms with Gasteiger partial charge in [-0.1, -0.05) is 25.1 Å². The van der Waals surface area contributed by atoms with E-state index in [2.05, 4.69) is 26.9 Å². The van der Waals surface area contributed by atoms with E-state index in [4.69, 9.17) is 0 Å². The van der Waals surface area contributed by atoms with E-state index in [0.717, 1.165) is 24.7 Å². The van der Waals surface area contributed by atoms with Crippen LogP contribution in [-0.2, 0) is 6.54 Å². The van der Waals surface area contributed by atoms with Gasteiger partial charge >= 0.3 is 0 Å². The molecular weight excluding hydrogens is 302 g/mol. The lowest BCUT2D eigenvalue weighted by Crippen LogP contribution is -2.33. The fourth-order valence-corrected chi connectivity index (χ4v) is 3.23. The van der Waals surface area contributed by atoms with Gasteiger partial charge in [0.1, 0.15) is 11.2 Å². The minimum absolute atomic E-state index is 0.123. The van der Waals surface area contributed by atoms with Crippen LogP contribution in [0.4, 0.5) is 0 Å². The lowest BCUT2D eigenvalue weighted by Gasteiger charge is -2.29. The fourth-order valence-electron chi connectivity index (χ4n) is 3.23. The van der Waals surface area contributed by atoms with Gasteiger partial charge in [0.25, 0.3) is 5.56 Å². The summed E-state index contributed by atoms with van der Waals surface area (Å²) in [7, 11) is 0. The number of benzene rings is 1. The van der Waals surface area contributed by atoms with Crippen molar-refractivity contribution in [1.29, 1.82) is 0 Å². The normalized spacial score (nSPS) is 16.7. The second-order valence-corrected chi connectivity index (χ2v) is 6.60. The smallest absolute Gasteiger partial charge is 0.262 e. The zero-order chi connectivity index (χ0) is 16.5. The first-order chi connectivity index (χ1) is 11.7. The molecule has 0 radical (unpaired) electrons. The Morgan fingerprint density at radius 2 is 1.96 bits per heavy atom. The van der Waals surface area contributed by atoms with Gasteiger partial charge < -0.3 is 4.98 Å². The zero-order valence-electron chi connectivity index (χ0n) is 13.8. The first-order valence-corrected chi connectivity index (χ1v) is 8.45. The van der Waals surface area contributed by atoms with Crippen molar-refractivity contribution >= 4 is 11.0 Å². The van der Waals surface area contributed by atoms with Gasteiger partial charge in [0.05, 0.1) is 18.4 Å². The molecule has 3 heterocycles. The quantitative estimate of drug-likeness (QED) is 0.803. The average Bonchev–Trinajstić information content (AvgIpc) is 3.02. The van der Waals surface area contributed by atoms with Gasteiger partial charge in [0, 0.05) is 0 Å². The van der Waals surface area contributed by atoms with E-state index in [1.807, 2.05) is 30.3 Å². The molecule has 1 aliphatic heterocycles. The Morgan fingerprint density at radius 1 is 1.21 bits per heavy atom. The predicted molar refractivity (Wildman–Crippen MR) is 93.2 cm³/mol. The van der Waals surface area contributed by atoms with Crippen molar-refractivity contribution in [3.05, 3.63) is 52.7 Å². The van der Waals surface area contributed by atoms with Crippen LogP contribution in [0.25, 0.3) is 16.7 Å². The lowest BCUT2D eigenvalue weighted by molar-refractivity contribution is 0.181. The molecule has 124 valence electrons. The summed E-state index contributed by atoms with van der Waals surface area (Å²) in [4.78, 5) is 22.3. The highest BCUT2D eigenvalue weighted by Crippen LogP contribution is 2.18. The van der Waals surface area contributed by atoms with Crippen LogP contribution in [0.2, 0.25) is 0 Å². The molecule has 0 unspecified atom stereocenters. The summed E-state index contributed by atoms with van der Waals surface area (Å²) in [5.41, 5.74) is 1.40. The number of piperidine rings is 1. The molecule has 0 spiro atoms. The predicted octanol–water partition coefficient (Wildman–Crippen LogP) is 2.34. The van der Waals surface area contributed by atoms with Crippen LogP contribution in [0.5, 0.6) is 0 Å². The van der Waals surface area contributed by atoms with Crippen LogP contribution in [0.3, 0.4) is 0 Å². The van der Waals surface area contributed by atoms with E-state index in [1.54, 1.807) is 10.9 Å². The van der Waals surface area contributed by atoms with Gasteiger partial charge in [-0.2, -0.15) is 5.10 Å². The second kappa shape index (κ2) is 6.20. The van der Waals surface area contributed by atoms with Gasteiger partial charge in [0.15, 0.2) is 5.65 Å². The van der Waals surface area contributed by atoms with Crippen molar-refractivity contribution in [2.75, 3.05) is 13.1 Å². The Bertz CT molecular complexity index is 891. The van der Waals surface area contributed by atoms with Gasteiger partial charge in [-0.05, 0) is 44.0 Å². The Balaban J connectivity index is 1.69. The number of aromatic nitrogens is 4. The SMILES string of the molecule is CC1CCN(Cc2nc3c(cnn3-c3ccccc3)c(=O)[nH]2)CC1. The summed E-state index contributed by atoms with van der Waals surface area (Å²) in [6, 6.07) is 9.78. The Labute approximate surface area is 140 Å². The molecule has 1 aliphatic rings. The van der Waals surface area contributed by atoms with Crippen molar-refractivity contribution < 1.29 is 0 Å². The fraction of sp³-hybridized carbons (Fsp3) is 0.389. The van der Waals surface area contributed by atoms with E-state index >= 15 is 0 Å². The Hall–Kier alpha value is -2.47. The van der Waals surface area contributed by atoms with Crippen LogP contribution in [0, 0.1) is 5.92 Å². The number of hydrogen-bond acceptors (Lipinski definition) is 4. The van der Waals surface area contributed by atoms with E-state index in [9.17, 15) is 4.79 Å². The van der Waals surface area contributed by atoms with Crippen molar-refractivity contribution in [2.45, 2.75) is 26.3 Å². The molecule has 4 rings (SSSR count). The Kier molecular flexibility index (Phi) is 3.90. The minimum Gasteiger partial charge on any atom is -0.309 e. The van der Waals surface area contributed by atoms with Crippen LogP contribution in [-0.4, -0.2) is 37.7 Å². The highest BCUT2D eigenvalue weighted by atomic mass is 16.1. The molecule has 0 bridgehead atoms. The summed E-state index contributed by atoms with van der Waals surface area (Å²) in [5, 5.41) is 4.87. The first kappa shape index (κ1) is 15.1. The molecule has 0 saturated carbocycles. The third-order valence-electron chi connectivity index (χ3n) is 4.74. The van der Waals surface area contributed by atoms with Gasteiger partial charge in [-0.3, -0.25) is 9.69 Å². The summed E-state index contributed by atoms with van der Waals surface area (Å²) in [5.74, 6) is 1.50.